The van der Waals surface area contributed by atoms with E-state index < -0.39 is 46.8 Å². The van der Waals surface area contributed by atoms with E-state index in [1.807, 2.05) is 0 Å². The minimum absolute atomic E-state index is 0.217. The number of fused-ring (bicyclic) bond motifs is 1. The molecular weight excluding hydrogens is 470 g/mol. The average Bonchev–Trinajstić information content (AvgIpc) is 2.73. The molecule has 12 heteroatoms. The van der Waals surface area contributed by atoms with E-state index in [0.717, 1.165) is 5.57 Å². The number of esters is 1. The molecule has 1 aliphatic heterocycles. The van der Waals surface area contributed by atoms with E-state index in [-0.39, 0.29) is 24.5 Å². The van der Waals surface area contributed by atoms with Crippen molar-refractivity contribution < 1.29 is 45.4 Å². The molecule has 0 fully saturated rings. The summed E-state index contributed by atoms with van der Waals surface area (Å²) in [6.07, 6.45) is -8.77. The molecule has 0 saturated heterocycles. The molecule has 0 atom stereocenters. The Morgan fingerprint density at radius 2 is 1.65 bits per heavy atom. The summed E-state index contributed by atoms with van der Waals surface area (Å²) in [6, 6.07) is 4.56. The standard InChI is InChI=1S/C22H18F6N2O4/c1-3-33-20(32)19(31)30-12-8-15(21(23,24)25)18(16(9-12)22(26,27)28)34-13-4-5-17-14(10-13)11(2)6-7-29-17/h4-6,8-10,29H,3,7H2,1-2H3,(H,30,31). The number of rotatable bonds is 4. The number of alkyl halides is 6. The third kappa shape index (κ3) is 5.43. The average molecular weight is 488 g/mol. The zero-order valence-electron chi connectivity index (χ0n) is 17.8. The van der Waals surface area contributed by atoms with Crippen LogP contribution in [0, 0.1) is 0 Å². The Balaban J connectivity index is 2.11. The first kappa shape index (κ1) is 24.9. The van der Waals surface area contributed by atoms with Crippen LogP contribution >= 0.6 is 0 Å². The SMILES string of the molecule is CCOC(=O)C(=O)Nc1cc(C(F)(F)F)c(Oc2ccc3c(c2)C(C)=CCN3)c(C(F)(F)F)c1. The first-order valence-electron chi connectivity index (χ1n) is 9.84. The van der Waals surface area contributed by atoms with Crippen molar-refractivity contribution in [1.29, 1.82) is 0 Å². The monoisotopic (exact) mass is 488 g/mol. The summed E-state index contributed by atoms with van der Waals surface area (Å²) in [7, 11) is 0. The van der Waals surface area contributed by atoms with Crippen molar-refractivity contribution in [2.24, 2.45) is 0 Å². The molecule has 1 amide bonds. The summed E-state index contributed by atoms with van der Waals surface area (Å²) in [4.78, 5) is 23.2. The highest BCUT2D eigenvalue weighted by atomic mass is 19.4. The Morgan fingerprint density at radius 1 is 1.03 bits per heavy atom. The molecule has 0 aliphatic carbocycles. The summed E-state index contributed by atoms with van der Waals surface area (Å²) in [5.41, 5.74) is -2.50. The van der Waals surface area contributed by atoms with Gasteiger partial charge in [-0.15, -0.1) is 0 Å². The van der Waals surface area contributed by atoms with E-state index in [9.17, 15) is 35.9 Å². The molecule has 1 aliphatic rings. The highest BCUT2D eigenvalue weighted by molar-refractivity contribution is 6.37. The number of anilines is 2. The van der Waals surface area contributed by atoms with Gasteiger partial charge in [-0.3, -0.25) is 4.79 Å². The van der Waals surface area contributed by atoms with Gasteiger partial charge >= 0.3 is 24.2 Å². The van der Waals surface area contributed by atoms with Crippen molar-refractivity contribution in [2.75, 3.05) is 23.8 Å². The van der Waals surface area contributed by atoms with Gasteiger partial charge in [0.2, 0.25) is 0 Å². The first-order chi connectivity index (χ1) is 15.8. The van der Waals surface area contributed by atoms with Crippen LogP contribution in [0.15, 0.2) is 36.4 Å². The van der Waals surface area contributed by atoms with E-state index in [2.05, 4.69) is 10.1 Å². The van der Waals surface area contributed by atoms with Gasteiger partial charge in [-0.2, -0.15) is 26.3 Å². The highest BCUT2D eigenvalue weighted by Crippen LogP contribution is 2.48. The summed E-state index contributed by atoms with van der Waals surface area (Å²) in [5.74, 6) is -4.73. The Hall–Kier alpha value is -3.70. The minimum Gasteiger partial charge on any atom is -0.459 e. The molecule has 2 N–H and O–H groups in total. The number of nitrogens with one attached hydrogen (secondary N) is 2. The number of amides is 1. The molecule has 0 spiro atoms. The molecule has 6 nitrogen and oxygen atoms in total. The Kier molecular flexibility index (Phi) is 6.80. The van der Waals surface area contributed by atoms with E-state index in [1.54, 1.807) is 18.3 Å². The maximum atomic E-state index is 13.8. The normalized spacial score (nSPS) is 13.4. The molecule has 182 valence electrons. The van der Waals surface area contributed by atoms with Crippen LogP contribution in [-0.2, 0) is 26.7 Å². The Labute approximate surface area is 189 Å². The fourth-order valence-corrected chi connectivity index (χ4v) is 3.22. The molecule has 2 aromatic rings. The summed E-state index contributed by atoms with van der Waals surface area (Å²) in [6.45, 7) is 3.42. The number of hydrogen-bond donors (Lipinski definition) is 2. The van der Waals surface area contributed by atoms with Crippen LogP contribution in [-0.4, -0.2) is 25.0 Å². The van der Waals surface area contributed by atoms with E-state index >= 15 is 0 Å². The van der Waals surface area contributed by atoms with Crippen molar-refractivity contribution in [2.45, 2.75) is 26.2 Å². The second kappa shape index (κ2) is 9.27. The van der Waals surface area contributed by atoms with Crippen LogP contribution < -0.4 is 15.4 Å². The Bertz CT molecular complexity index is 1120. The van der Waals surface area contributed by atoms with Crippen LogP contribution in [0.4, 0.5) is 37.7 Å². The van der Waals surface area contributed by atoms with Gasteiger partial charge in [-0.1, -0.05) is 6.08 Å². The lowest BCUT2D eigenvalue weighted by molar-refractivity contribution is -0.152. The van der Waals surface area contributed by atoms with Gasteiger partial charge in [0.05, 0.1) is 6.61 Å². The largest absolute Gasteiger partial charge is 0.459 e. The van der Waals surface area contributed by atoms with Crippen LogP contribution in [0.5, 0.6) is 11.5 Å². The van der Waals surface area contributed by atoms with Crippen LogP contribution in [0.2, 0.25) is 0 Å². The molecular formula is C22H18F6N2O4. The van der Waals surface area contributed by atoms with Crippen molar-refractivity contribution in [3.8, 4) is 11.5 Å². The molecule has 1 heterocycles. The quantitative estimate of drug-likeness (QED) is 0.321. The van der Waals surface area contributed by atoms with Crippen LogP contribution in [0.25, 0.3) is 5.57 Å². The van der Waals surface area contributed by atoms with Crippen molar-refractivity contribution in [1.82, 2.24) is 0 Å². The number of ether oxygens (including phenoxy) is 2. The molecule has 34 heavy (non-hydrogen) atoms. The molecule has 0 aromatic heterocycles. The van der Waals surface area contributed by atoms with Gasteiger partial charge in [-0.25, -0.2) is 4.79 Å². The lowest BCUT2D eigenvalue weighted by atomic mass is 10.0. The second-order valence-electron chi connectivity index (χ2n) is 7.15. The van der Waals surface area contributed by atoms with Crippen molar-refractivity contribution in [3.63, 3.8) is 0 Å². The predicted octanol–water partition coefficient (Wildman–Crippen LogP) is 5.85. The number of carbonyl (C=O) groups is 2. The minimum atomic E-state index is -5.29. The maximum Gasteiger partial charge on any atom is 0.420 e. The van der Waals surface area contributed by atoms with Gasteiger partial charge in [0.1, 0.15) is 16.9 Å². The van der Waals surface area contributed by atoms with Crippen molar-refractivity contribution in [3.05, 3.63) is 53.1 Å². The fraction of sp³-hybridized carbons (Fsp3) is 0.273. The summed E-state index contributed by atoms with van der Waals surface area (Å²) < 4.78 is 92.2. The molecule has 0 radical (unpaired) electrons. The lowest BCUT2D eigenvalue weighted by Crippen LogP contribution is -2.25. The molecule has 2 aromatic carbocycles. The third-order valence-electron chi connectivity index (χ3n) is 4.75. The number of allylic oxidation sites excluding steroid dienone is 1. The third-order valence-corrected chi connectivity index (χ3v) is 4.75. The van der Waals surface area contributed by atoms with Gasteiger partial charge in [-0.05, 0) is 49.8 Å². The molecule has 3 rings (SSSR count). The number of benzene rings is 2. The number of hydrogen-bond acceptors (Lipinski definition) is 5. The van der Waals surface area contributed by atoms with Gasteiger partial charge in [0.15, 0.2) is 5.75 Å². The highest BCUT2D eigenvalue weighted by Gasteiger charge is 2.43. The van der Waals surface area contributed by atoms with Crippen LogP contribution in [0.1, 0.15) is 30.5 Å². The predicted molar refractivity (Wildman–Crippen MR) is 110 cm³/mol. The second-order valence-corrected chi connectivity index (χ2v) is 7.15. The van der Waals surface area contributed by atoms with Gasteiger partial charge in [0.25, 0.3) is 0 Å². The van der Waals surface area contributed by atoms with E-state index in [1.165, 1.54) is 25.1 Å². The van der Waals surface area contributed by atoms with E-state index in [0.29, 0.717) is 17.8 Å². The number of carbonyl (C=O) groups excluding carboxylic acids is 2. The van der Waals surface area contributed by atoms with Crippen LogP contribution in [0.3, 0.4) is 0 Å². The lowest BCUT2D eigenvalue weighted by Gasteiger charge is -2.22. The van der Waals surface area contributed by atoms with Crippen molar-refractivity contribution >= 4 is 28.8 Å². The molecule has 0 bridgehead atoms. The van der Waals surface area contributed by atoms with E-state index in [4.69, 9.17) is 4.74 Å². The molecule has 0 unspecified atom stereocenters. The maximum absolute atomic E-state index is 13.8. The van der Waals surface area contributed by atoms with Gasteiger partial charge < -0.3 is 20.1 Å². The summed E-state index contributed by atoms with van der Waals surface area (Å²) >= 11 is 0. The zero-order chi connectivity index (χ0) is 25.3. The Morgan fingerprint density at radius 3 is 2.21 bits per heavy atom. The number of halogens is 6. The topological polar surface area (TPSA) is 76.7 Å². The fourth-order valence-electron chi connectivity index (χ4n) is 3.22. The zero-order valence-corrected chi connectivity index (χ0v) is 17.8. The first-order valence-corrected chi connectivity index (χ1v) is 9.84. The smallest absolute Gasteiger partial charge is 0.420 e. The summed E-state index contributed by atoms with van der Waals surface area (Å²) in [5, 5.41) is 4.73. The van der Waals surface area contributed by atoms with Gasteiger partial charge in [0, 0.05) is 23.5 Å². The molecule has 0 saturated carbocycles.